The van der Waals surface area contributed by atoms with Gasteiger partial charge in [-0.3, -0.25) is 0 Å². The average molecular weight is 272 g/mol. The Hall–Kier alpha value is -1.88. The molecule has 1 fully saturated rings. The van der Waals surface area contributed by atoms with E-state index in [2.05, 4.69) is 9.97 Å². The number of benzene rings is 1. The minimum atomic E-state index is -0.318. The molecule has 1 heterocycles. The zero-order valence-electron chi connectivity index (χ0n) is 11.7. The molecule has 106 valence electrons. The number of para-hydroxylation sites is 2. The van der Waals surface area contributed by atoms with Gasteiger partial charge in [-0.15, -0.1) is 0 Å². The van der Waals surface area contributed by atoms with Crippen LogP contribution in [0.4, 0.5) is 11.6 Å². The van der Waals surface area contributed by atoms with Crippen LogP contribution in [0.3, 0.4) is 0 Å². The summed E-state index contributed by atoms with van der Waals surface area (Å²) in [4.78, 5) is 11.0. The van der Waals surface area contributed by atoms with Crippen LogP contribution in [0.5, 0.6) is 0 Å². The Morgan fingerprint density at radius 1 is 1.15 bits per heavy atom. The average Bonchev–Trinajstić information content (AvgIpc) is 2.46. The molecule has 0 radical (unpaired) electrons. The molecule has 2 aromatic rings. The van der Waals surface area contributed by atoms with E-state index in [4.69, 9.17) is 5.73 Å². The van der Waals surface area contributed by atoms with Gasteiger partial charge >= 0.3 is 0 Å². The molecule has 5 heteroatoms. The molecule has 2 unspecified atom stereocenters. The number of nitrogens with two attached hydrogens (primary N) is 1. The van der Waals surface area contributed by atoms with E-state index in [1.807, 2.05) is 36.2 Å². The molecule has 1 saturated carbocycles. The number of rotatable bonds is 2. The molecular weight excluding hydrogens is 252 g/mol. The van der Waals surface area contributed by atoms with Gasteiger partial charge in [-0.2, -0.15) is 0 Å². The first kappa shape index (κ1) is 13.1. The molecule has 1 aromatic heterocycles. The summed E-state index contributed by atoms with van der Waals surface area (Å²) in [5, 5.41) is 10.2. The van der Waals surface area contributed by atoms with Crippen LogP contribution in [-0.4, -0.2) is 34.3 Å². The maximum Gasteiger partial charge on any atom is 0.172 e. The van der Waals surface area contributed by atoms with E-state index in [1.165, 1.54) is 0 Å². The second-order valence-electron chi connectivity index (χ2n) is 5.45. The summed E-state index contributed by atoms with van der Waals surface area (Å²) in [6, 6.07) is 7.76. The van der Waals surface area contributed by atoms with E-state index < -0.39 is 0 Å². The molecule has 1 aliphatic rings. The summed E-state index contributed by atoms with van der Waals surface area (Å²) in [6.45, 7) is 0. The van der Waals surface area contributed by atoms with Crippen molar-refractivity contribution in [3.05, 3.63) is 24.3 Å². The van der Waals surface area contributed by atoms with Crippen LogP contribution in [0.25, 0.3) is 11.0 Å². The largest absolute Gasteiger partial charge is 0.391 e. The Labute approximate surface area is 118 Å². The van der Waals surface area contributed by atoms with Gasteiger partial charge in [-0.05, 0) is 25.0 Å². The van der Waals surface area contributed by atoms with E-state index in [0.717, 1.165) is 36.7 Å². The highest BCUT2D eigenvalue weighted by atomic mass is 16.3. The summed E-state index contributed by atoms with van der Waals surface area (Å²) >= 11 is 0. The molecule has 0 spiro atoms. The van der Waals surface area contributed by atoms with Crippen molar-refractivity contribution >= 4 is 22.7 Å². The molecule has 0 bridgehead atoms. The van der Waals surface area contributed by atoms with Crippen LogP contribution in [0.15, 0.2) is 24.3 Å². The predicted molar refractivity (Wildman–Crippen MR) is 80.6 cm³/mol. The standard InChI is InChI=1S/C15H20N4O/c1-19(12-8-4-5-9-13(12)20)15-14(16)17-10-6-2-3-7-11(10)18-15/h2-3,6-7,12-13,20H,4-5,8-9H2,1H3,(H2,16,17). The van der Waals surface area contributed by atoms with Crippen molar-refractivity contribution in [3.8, 4) is 0 Å². The van der Waals surface area contributed by atoms with E-state index in [0.29, 0.717) is 11.6 Å². The fraction of sp³-hybridized carbons (Fsp3) is 0.467. The third-order valence-electron chi connectivity index (χ3n) is 4.10. The van der Waals surface area contributed by atoms with Gasteiger partial charge in [0.15, 0.2) is 11.6 Å². The van der Waals surface area contributed by atoms with Crippen LogP contribution >= 0.6 is 0 Å². The molecule has 1 aliphatic carbocycles. The number of fused-ring (bicyclic) bond motifs is 1. The van der Waals surface area contributed by atoms with Crippen LogP contribution in [-0.2, 0) is 0 Å². The first-order chi connectivity index (χ1) is 9.66. The summed E-state index contributed by atoms with van der Waals surface area (Å²) in [5.74, 6) is 1.08. The summed E-state index contributed by atoms with van der Waals surface area (Å²) < 4.78 is 0. The molecule has 20 heavy (non-hydrogen) atoms. The van der Waals surface area contributed by atoms with Crippen LogP contribution in [0.1, 0.15) is 25.7 Å². The van der Waals surface area contributed by atoms with E-state index in [1.54, 1.807) is 0 Å². The molecule has 1 aromatic carbocycles. The molecule has 2 atom stereocenters. The van der Waals surface area contributed by atoms with Crippen molar-refractivity contribution in [2.45, 2.75) is 37.8 Å². The highest BCUT2D eigenvalue weighted by Crippen LogP contribution is 2.29. The van der Waals surface area contributed by atoms with Crippen molar-refractivity contribution in [3.63, 3.8) is 0 Å². The Balaban J connectivity index is 1.98. The lowest BCUT2D eigenvalue weighted by Gasteiger charge is -2.36. The zero-order chi connectivity index (χ0) is 14.1. The molecule has 0 amide bonds. The predicted octanol–water partition coefficient (Wildman–Crippen LogP) is 1.95. The van der Waals surface area contributed by atoms with Crippen LogP contribution in [0, 0.1) is 0 Å². The topological polar surface area (TPSA) is 75.3 Å². The minimum absolute atomic E-state index is 0.0708. The number of nitrogen functional groups attached to an aromatic ring is 1. The van der Waals surface area contributed by atoms with E-state index in [9.17, 15) is 5.11 Å². The van der Waals surface area contributed by atoms with Crippen molar-refractivity contribution < 1.29 is 5.11 Å². The molecule has 0 saturated heterocycles. The normalized spacial score (nSPS) is 22.9. The number of hydrogen-bond acceptors (Lipinski definition) is 5. The van der Waals surface area contributed by atoms with Crippen molar-refractivity contribution in [2.24, 2.45) is 0 Å². The summed E-state index contributed by atoms with van der Waals surface area (Å²) in [6.07, 6.45) is 3.71. The smallest absolute Gasteiger partial charge is 0.172 e. The molecule has 0 aliphatic heterocycles. The monoisotopic (exact) mass is 272 g/mol. The highest BCUT2D eigenvalue weighted by Gasteiger charge is 2.28. The lowest BCUT2D eigenvalue weighted by Crippen LogP contribution is -2.44. The maximum absolute atomic E-state index is 10.2. The number of hydrogen-bond donors (Lipinski definition) is 2. The van der Waals surface area contributed by atoms with Gasteiger partial charge in [0.1, 0.15) is 0 Å². The SMILES string of the molecule is CN(c1nc2ccccc2nc1N)C1CCCCC1O. The minimum Gasteiger partial charge on any atom is -0.391 e. The Morgan fingerprint density at radius 2 is 1.80 bits per heavy atom. The first-order valence-corrected chi connectivity index (χ1v) is 7.10. The first-order valence-electron chi connectivity index (χ1n) is 7.10. The second-order valence-corrected chi connectivity index (χ2v) is 5.45. The highest BCUT2D eigenvalue weighted by molar-refractivity contribution is 5.79. The van der Waals surface area contributed by atoms with Crippen molar-refractivity contribution in [2.75, 3.05) is 17.7 Å². The number of likely N-dealkylation sites (N-methyl/N-ethyl adjacent to an activating group) is 1. The lowest BCUT2D eigenvalue weighted by molar-refractivity contribution is 0.106. The number of aliphatic hydroxyl groups excluding tert-OH is 1. The molecule has 3 rings (SSSR count). The number of aliphatic hydroxyl groups is 1. The van der Waals surface area contributed by atoms with Gasteiger partial charge in [0.05, 0.1) is 23.2 Å². The van der Waals surface area contributed by atoms with Crippen LogP contribution in [0.2, 0.25) is 0 Å². The van der Waals surface area contributed by atoms with E-state index in [-0.39, 0.29) is 12.1 Å². The van der Waals surface area contributed by atoms with Gasteiger partial charge in [0.25, 0.3) is 0 Å². The maximum atomic E-state index is 10.2. The Kier molecular flexibility index (Phi) is 3.44. The van der Waals surface area contributed by atoms with Gasteiger partial charge < -0.3 is 15.7 Å². The second kappa shape index (κ2) is 5.25. The quantitative estimate of drug-likeness (QED) is 0.874. The number of aromatic nitrogens is 2. The number of nitrogens with zero attached hydrogens (tertiary/aromatic N) is 3. The van der Waals surface area contributed by atoms with Gasteiger partial charge in [0, 0.05) is 7.05 Å². The summed E-state index contributed by atoms with van der Waals surface area (Å²) in [5.41, 5.74) is 7.67. The van der Waals surface area contributed by atoms with Gasteiger partial charge in [-0.25, -0.2) is 9.97 Å². The number of anilines is 2. The molecule has 5 nitrogen and oxygen atoms in total. The van der Waals surface area contributed by atoms with Gasteiger partial charge in [0.2, 0.25) is 0 Å². The van der Waals surface area contributed by atoms with Crippen LogP contribution < -0.4 is 10.6 Å². The van der Waals surface area contributed by atoms with E-state index >= 15 is 0 Å². The molecule has 3 N–H and O–H groups in total. The van der Waals surface area contributed by atoms with Crippen molar-refractivity contribution in [1.82, 2.24) is 9.97 Å². The van der Waals surface area contributed by atoms with Crippen molar-refractivity contribution in [1.29, 1.82) is 0 Å². The fourth-order valence-corrected chi connectivity index (χ4v) is 2.96. The fourth-order valence-electron chi connectivity index (χ4n) is 2.96. The van der Waals surface area contributed by atoms with Gasteiger partial charge in [-0.1, -0.05) is 25.0 Å². The lowest BCUT2D eigenvalue weighted by atomic mass is 9.91. The Morgan fingerprint density at radius 3 is 2.50 bits per heavy atom. The third kappa shape index (κ3) is 2.29. The Bertz CT molecular complexity index is 616. The third-order valence-corrected chi connectivity index (χ3v) is 4.10. The zero-order valence-corrected chi connectivity index (χ0v) is 11.7. The molecular formula is C15H20N4O. The summed E-state index contributed by atoms with van der Waals surface area (Å²) in [7, 11) is 1.94.